The number of aliphatic hydroxyl groups excluding tert-OH is 1. The first kappa shape index (κ1) is 12.9. The molecular weight excluding hydrogens is 212 g/mol. The van der Waals surface area contributed by atoms with Crippen LogP contribution in [0.3, 0.4) is 0 Å². The van der Waals surface area contributed by atoms with Crippen molar-refractivity contribution >= 4 is 0 Å². The molecular formula is C14H24N2O. The predicted molar refractivity (Wildman–Crippen MR) is 67.4 cm³/mol. The van der Waals surface area contributed by atoms with Crippen molar-refractivity contribution < 1.29 is 5.11 Å². The van der Waals surface area contributed by atoms with Gasteiger partial charge in [0.05, 0.1) is 18.1 Å². The van der Waals surface area contributed by atoms with Crippen LogP contribution in [0, 0.1) is 17.2 Å². The Morgan fingerprint density at radius 2 is 1.53 bits per heavy atom. The Morgan fingerprint density at radius 1 is 0.882 bits per heavy atom. The third kappa shape index (κ3) is 3.43. The predicted octanol–water partition coefficient (Wildman–Crippen LogP) is 2.35. The maximum atomic E-state index is 9.98. The van der Waals surface area contributed by atoms with Crippen LogP contribution in [-0.4, -0.2) is 23.3 Å². The van der Waals surface area contributed by atoms with E-state index in [1.165, 1.54) is 25.7 Å². The molecule has 0 aliphatic heterocycles. The van der Waals surface area contributed by atoms with E-state index in [0.717, 1.165) is 32.1 Å². The third-order valence-corrected chi connectivity index (χ3v) is 4.34. The average molecular weight is 236 g/mol. The smallest absolute Gasteiger partial charge is 0.0693 e. The van der Waals surface area contributed by atoms with Crippen LogP contribution >= 0.6 is 0 Å². The lowest BCUT2D eigenvalue weighted by molar-refractivity contribution is 0.0810. The molecule has 3 nitrogen and oxygen atoms in total. The van der Waals surface area contributed by atoms with Crippen LogP contribution < -0.4 is 5.32 Å². The number of aliphatic hydroxyl groups is 1. The lowest BCUT2D eigenvalue weighted by Gasteiger charge is -2.33. The highest BCUT2D eigenvalue weighted by atomic mass is 16.3. The summed E-state index contributed by atoms with van der Waals surface area (Å²) in [5, 5.41) is 22.8. The van der Waals surface area contributed by atoms with E-state index in [0.29, 0.717) is 6.04 Å². The number of nitrogens with one attached hydrogen (secondary N) is 1. The molecule has 0 heterocycles. The summed E-state index contributed by atoms with van der Waals surface area (Å²) in [6.45, 7) is 0. The topological polar surface area (TPSA) is 56.0 Å². The Labute approximate surface area is 104 Å². The van der Waals surface area contributed by atoms with Gasteiger partial charge in [-0.25, -0.2) is 0 Å². The van der Waals surface area contributed by atoms with Crippen molar-refractivity contribution in [3.63, 3.8) is 0 Å². The van der Waals surface area contributed by atoms with Gasteiger partial charge in [0.25, 0.3) is 0 Å². The van der Waals surface area contributed by atoms with Gasteiger partial charge in [0.2, 0.25) is 0 Å². The maximum Gasteiger partial charge on any atom is 0.0693 e. The molecule has 2 saturated carbocycles. The summed E-state index contributed by atoms with van der Waals surface area (Å²) >= 11 is 0. The fourth-order valence-electron chi connectivity index (χ4n) is 3.24. The molecule has 17 heavy (non-hydrogen) atoms. The monoisotopic (exact) mass is 236 g/mol. The van der Waals surface area contributed by atoms with Gasteiger partial charge in [-0.05, 0) is 25.7 Å². The number of nitriles is 1. The van der Waals surface area contributed by atoms with Crippen molar-refractivity contribution in [3.8, 4) is 6.07 Å². The van der Waals surface area contributed by atoms with Crippen LogP contribution in [0.5, 0.6) is 0 Å². The number of nitrogens with zero attached hydrogens (tertiary/aromatic N) is 1. The summed E-state index contributed by atoms with van der Waals surface area (Å²) in [6.07, 6.45) is 9.91. The Hall–Kier alpha value is -0.590. The van der Waals surface area contributed by atoms with Gasteiger partial charge < -0.3 is 10.4 Å². The van der Waals surface area contributed by atoms with Crippen molar-refractivity contribution in [2.24, 2.45) is 5.92 Å². The highest BCUT2D eigenvalue weighted by molar-refractivity contribution is 4.96. The number of rotatable bonds is 2. The van der Waals surface area contributed by atoms with Gasteiger partial charge in [-0.3, -0.25) is 0 Å². The maximum absolute atomic E-state index is 9.98. The number of hydrogen-bond donors (Lipinski definition) is 2. The molecule has 0 saturated heterocycles. The molecule has 2 rings (SSSR count). The molecule has 0 amide bonds. The summed E-state index contributed by atoms with van der Waals surface area (Å²) in [5.41, 5.74) is 0. The van der Waals surface area contributed by atoms with Gasteiger partial charge >= 0.3 is 0 Å². The molecule has 2 N–H and O–H groups in total. The zero-order valence-electron chi connectivity index (χ0n) is 10.6. The minimum absolute atomic E-state index is 0.145. The lowest BCUT2D eigenvalue weighted by atomic mass is 9.89. The third-order valence-electron chi connectivity index (χ3n) is 4.34. The molecule has 0 bridgehead atoms. The van der Waals surface area contributed by atoms with Crippen LogP contribution in [0.4, 0.5) is 0 Å². The highest BCUT2D eigenvalue weighted by Crippen LogP contribution is 2.26. The normalized spacial score (nSPS) is 39.3. The largest absolute Gasteiger partial charge is 0.392 e. The fraction of sp³-hybridized carbons (Fsp3) is 0.929. The molecule has 2 aliphatic rings. The lowest BCUT2D eigenvalue weighted by Crippen LogP contribution is -2.49. The van der Waals surface area contributed by atoms with Crippen molar-refractivity contribution in [1.29, 1.82) is 5.26 Å². The van der Waals surface area contributed by atoms with Gasteiger partial charge in [-0.2, -0.15) is 5.26 Å². The van der Waals surface area contributed by atoms with E-state index in [-0.39, 0.29) is 18.1 Å². The molecule has 0 aromatic carbocycles. The molecule has 0 aromatic rings. The molecule has 2 aliphatic carbocycles. The van der Waals surface area contributed by atoms with E-state index in [4.69, 9.17) is 0 Å². The van der Waals surface area contributed by atoms with Gasteiger partial charge in [0.1, 0.15) is 0 Å². The molecule has 4 atom stereocenters. The average Bonchev–Trinajstić information content (AvgIpc) is 2.57. The molecule has 4 unspecified atom stereocenters. The molecule has 0 spiro atoms. The SMILES string of the molecule is N#CC1CCCCCC1NC1CCCCC1O. The highest BCUT2D eigenvalue weighted by Gasteiger charge is 2.29. The summed E-state index contributed by atoms with van der Waals surface area (Å²) in [7, 11) is 0. The number of hydrogen-bond acceptors (Lipinski definition) is 3. The van der Waals surface area contributed by atoms with Gasteiger partial charge in [-0.15, -0.1) is 0 Å². The Morgan fingerprint density at radius 3 is 2.29 bits per heavy atom. The van der Waals surface area contributed by atoms with Crippen LogP contribution in [0.25, 0.3) is 0 Å². The van der Waals surface area contributed by atoms with E-state index in [9.17, 15) is 10.4 Å². The van der Waals surface area contributed by atoms with E-state index >= 15 is 0 Å². The fourth-order valence-corrected chi connectivity index (χ4v) is 3.24. The minimum Gasteiger partial charge on any atom is -0.392 e. The van der Waals surface area contributed by atoms with E-state index in [2.05, 4.69) is 11.4 Å². The van der Waals surface area contributed by atoms with E-state index < -0.39 is 0 Å². The van der Waals surface area contributed by atoms with Gasteiger partial charge in [0.15, 0.2) is 0 Å². The van der Waals surface area contributed by atoms with Crippen molar-refractivity contribution in [1.82, 2.24) is 5.32 Å². The zero-order valence-corrected chi connectivity index (χ0v) is 10.6. The van der Waals surface area contributed by atoms with Gasteiger partial charge in [0, 0.05) is 12.1 Å². The first-order valence-corrected chi connectivity index (χ1v) is 7.15. The quantitative estimate of drug-likeness (QED) is 0.724. The molecule has 2 fully saturated rings. The summed E-state index contributed by atoms with van der Waals surface area (Å²) < 4.78 is 0. The van der Waals surface area contributed by atoms with E-state index in [1.807, 2.05) is 0 Å². The second-order valence-corrected chi connectivity index (χ2v) is 5.61. The van der Waals surface area contributed by atoms with Crippen LogP contribution in [0.15, 0.2) is 0 Å². The Bertz CT molecular complexity index is 274. The Kier molecular flexibility index (Phi) is 4.82. The van der Waals surface area contributed by atoms with Crippen molar-refractivity contribution in [2.75, 3.05) is 0 Å². The Balaban J connectivity index is 1.92. The standard InChI is InChI=1S/C14H24N2O/c15-10-11-6-2-1-3-7-12(11)16-13-8-4-5-9-14(13)17/h11-14,16-17H,1-9H2. The van der Waals surface area contributed by atoms with Crippen molar-refractivity contribution in [3.05, 3.63) is 0 Å². The van der Waals surface area contributed by atoms with Crippen molar-refractivity contribution in [2.45, 2.75) is 76.0 Å². The second kappa shape index (κ2) is 6.37. The summed E-state index contributed by atoms with van der Waals surface area (Å²) in [5.74, 6) is 0.145. The molecule has 3 heteroatoms. The van der Waals surface area contributed by atoms with Crippen LogP contribution in [0.2, 0.25) is 0 Å². The van der Waals surface area contributed by atoms with Gasteiger partial charge in [-0.1, -0.05) is 32.1 Å². The molecule has 0 radical (unpaired) electrons. The van der Waals surface area contributed by atoms with Crippen LogP contribution in [0.1, 0.15) is 57.8 Å². The summed E-state index contributed by atoms with van der Waals surface area (Å²) in [4.78, 5) is 0. The summed E-state index contributed by atoms with van der Waals surface area (Å²) in [6, 6.07) is 2.98. The first-order chi connectivity index (χ1) is 8.31. The zero-order chi connectivity index (χ0) is 12.1. The van der Waals surface area contributed by atoms with E-state index in [1.54, 1.807) is 0 Å². The first-order valence-electron chi connectivity index (χ1n) is 7.15. The van der Waals surface area contributed by atoms with Crippen LogP contribution in [-0.2, 0) is 0 Å². The minimum atomic E-state index is -0.202. The molecule has 0 aromatic heterocycles. The molecule has 96 valence electrons. The second-order valence-electron chi connectivity index (χ2n) is 5.61.